The Hall–Kier alpha value is -2.90. The zero-order valence-electron chi connectivity index (χ0n) is 14.2. The summed E-state index contributed by atoms with van der Waals surface area (Å²) in [6.45, 7) is 0.297. The van der Waals surface area contributed by atoms with Crippen molar-refractivity contribution in [2.45, 2.75) is 6.42 Å². The Balaban J connectivity index is 1.72. The first-order valence-corrected chi connectivity index (χ1v) is 9.18. The molecule has 136 valence electrons. The molecule has 0 aliphatic rings. The van der Waals surface area contributed by atoms with Gasteiger partial charge in [0.05, 0.1) is 17.4 Å². The SMILES string of the molecule is FNCCc1ccc(-c2ccc(-c3ccc(NF)cc3)c3nsnc23)cc1. The molecule has 27 heavy (non-hydrogen) atoms. The summed E-state index contributed by atoms with van der Waals surface area (Å²) in [5.41, 5.74) is 10.4. The molecule has 2 N–H and O–H groups in total. The highest BCUT2D eigenvalue weighted by Gasteiger charge is 2.13. The van der Waals surface area contributed by atoms with Gasteiger partial charge in [-0.2, -0.15) is 14.3 Å². The summed E-state index contributed by atoms with van der Waals surface area (Å²) in [6, 6.07) is 19.1. The molecule has 1 aromatic heterocycles. The number of nitrogens with one attached hydrogen (secondary N) is 2. The number of hydrogen-bond acceptors (Lipinski definition) is 5. The highest BCUT2D eigenvalue weighted by molar-refractivity contribution is 7.00. The van der Waals surface area contributed by atoms with Gasteiger partial charge in [-0.25, -0.2) is 5.54 Å². The van der Waals surface area contributed by atoms with Gasteiger partial charge < -0.3 is 0 Å². The lowest BCUT2D eigenvalue weighted by Crippen LogP contribution is -2.05. The van der Waals surface area contributed by atoms with E-state index in [-0.39, 0.29) is 0 Å². The largest absolute Gasteiger partial charge is 0.225 e. The van der Waals surface area contributed by atoms with Gasteiger partial charge in [-0.3, -0.25) is 0 Å². The third kappa shape index (κ3) is 3.51. The Labute approximate surface area is 159 Å². The van der Waals surface area contributed by atoms with Crippen LogP contribution in [0.3, 0.4) is 0 Å². The van der Waals surface area contributed by atoms with Crippen molar-refractivity contribution >= 4 is 28.4 Å². The molecule has 0 radical (unpaired) electrons. The van der Waals surface area contributed by atoms with E-state index in [2.05, 4.69) is 8.75 Å². The molecule has 4 nitrogen and oxygen atoms in total. The van der Waals surface area contributed by atoms with Crippen LogP contribution in [0.25, 0.3) is 33.3 Å². The van der Waals surface area contributed by atoms with Gasteiger partial charge in [0, 0.05) is 17.7 Å². The van der Waals surface area contributed by atoms with Crippen molar-refractivity contribution in [3.63, 3.8) is 0 Å². The summed E-state index contributed by atoms with van der Waals surface area (Å²) in [5, 5.41) is 0. The number of benzene rings is 3. The van der Waals surface area contributed by atoms with Crippen LogP contribution < -0.4 is 11.1 Å². The van der Waals surface area contributed by atoms with Gasteiger partial charge in [0.15, 0.2) is 0 Å². The van der Waals surface area contributed by atoms with E-state index in [0.717, 1.165) is 38.9 Å². The van der Waals surface area contributed by atoms with E-state index in [0.29, 0.717) is 18.7 Å². The summed E-state index contributed by atoms with van der Waals surface area (Å²) in [5.74, 6) is 0. The summed E-state index contributed by atoms with van der Waals surface area (Å²) >= 11 is 1.17. The van der Waals surface area contributed by atoms with Crippen LogP contribution in [0.15, 0.2) is 60.7 Å². The van der Waals surface area contributed by atoms with Crippen molar-refractivity contribution in [3.05, 3.63) is 66.2 Å². The van der Waals surface area contributed by atoms with E-state index in [9.17, 15) is 8.96 Å². The molecule has 0 spiro atoms. The zero-order valence-corrected chi connectivity index (χ0v) is 15.1. The first kappa shape index (κ1) is 17.5. The molecule has 0 unspecified atom stereocenters. The maximum absolute atomic E-state index is 12.5. The van der Waals surface area contributed by atoms with Crippen molar-refractivity contribution in [2.24, 2.45) is 0 Å². The minimum atomic E-state index is 0.297. The minimum absolute atomic E-state index is 0.297. The monoisotopic (exact) mass is 382 g/mol. The van der Waals surface area contributed by atoms with E-state index >= 15 is 0 Å². The molecule has 0 saturated heterocycles. The first-order chi connectivity index (χ1) is 13.3. The number of aromatic nitrogens is 2. The summed E-state index contributed by atoms with van der Waals surface area (Å²) in [4.78, 5) is 0. The minimum Gasteiger partial charge on any atom is -0.225 e. The van der Waals surface area contributed by atoms with E-state index in [4.69, 9.17) is 0 Å². The second-order valence-corrected chi connectivity index (χ2v) is 6.65. The maximum Gasteiger partial charge on any atom is 0.113 e. The number of nitrogens with zero attached hydrogens (tertiary/aromatic N) is 2. The third-order valence-electron chi connectivity index (χ3n) is 4.49. The fraction of sp³-hybridized carbons (Fsp3) is 0.100. The van der Waals surface area contributed by atoms with E-state index in [1.54, 1.807) is 23.2 Å². The van der Waals surface area contributed by atoms with E-state index in [1.807, 2.05) is 48.5 Å². The van der Waals surface area contributed by atoms with Gasteiger partial charge >= 0.3 is 0 Å². The molecule has 4 rings (SSSR count). The van der Waals surface area contributed by atoms with Crippen LogP contribution in [0, 0.1) is 0 Å². The lowest BCUT2D eigenvalue weighted by Gasteiger charge is -2.08. The molecule has 7 heteroatoms. The van der Waals surface area contributed by atoms with Gasteiger partial charge in [0.2, 0.25) is 0 Å². The predicted octanol–water partition coefficient (Wildman–Crippen LogP) is 5.34. The highest BCUT2D eigenvalue weighted by Crippen LogP contribution is 2.35. The first-order valence-electron chi connectivity index (χ1n) is 8.45. The molecule has 0 atom stereocenters. The van der Waals surface area contributed by atoms with Crippen LogP contribution in [0.1, 0.15) is 5.56 Å². The Morgan fingerprint density at radius 2 is 1.30 bits per heavy atom. The molecular formula is C20H16F2N4S. The average molecular weight is 382 g/mol. The zero-order chi connectivity index (χ0) is 18.6. The lowest BCUT2D eigenvalue weighted by atomic mass is 9.97. The lowest BCUT2D eigenvalue weighted by molar-refractivity contribution is 0.337. The van der Waals surface area contributed by atoms with Gasteiger partial charge in [-0.15, -0.1) is 8.96 Å². The third-order valence-corrected chi connectivity index (χ3v) is 5.02. The van der Waals surface area contributed by atoms with Crippen LogP contribution in [-0.2, 0) is 6.42 Å². The normalized spacial score (nSPS) is 11.0. The Kier molecular flexibility index (Phi) is 5.04. The quantitative estimate of drug-likeness (QED) is 0.442. The van der Waals surface area contributed by atoms with Gasteiger partial charge in [0.1, 0.15) is 11.0 Å². The molecule has 0 bridgehead atoms. The molecule has 0 saturated carbocycles. The standard InChI is InChI=1S/C20H16F2N4S/c21-23-12-11-13-1-3-14(4-2-13)17-9-10-18(20-19(17)25-27-26-20)15-5-7-16(24-22)8-6-15/h1-10,23-24H,11-12H2. The summed E-state index contributed by atoms with van der Waals surface area (Å²) < 4.78 is 33.6. The smallest absolute Gasteiger partial charge is 0.113 e. The number of rotatable bonds is 6. The van der Waals surface area contributed by atoms with Crippen LogP contribution >= 0.6 is 11.7 Å². The van der Waals surface area contributed by atoms with Gasteiger partial charge in [0.25, 0.3) is 0 Å². The van der Waals surface area contributed by atoms with E-state index in [1.165, 1.54) is 11.7 Å². The van der Waals surface area contributed by atoms with Crippen molar-refractivity contribution in [3.8, 4) is 22.3 Å². The summed E-state index contributed by atoms with van der Waals surface area (Å²) in [7, 11) is 0. The van der Waals surface area contributed by atoms with Crippen molar-refractivity contribution in [2.75, 3.05) is 12.1 Å². The van der Waals surface area contributed by atoms with Gasteiger partial charge in [-0.1, -0.05) is 48.5 Å². The molecule has 3 aromatic carbocycles. The molecule has 4 aromatic rings. The number of halogens is 2. The number of fused-ring (bicyclic) bond motifs is 1. The van der Waals surface area contributed by atoms with Crippen molar-refractivity contribution in [1.29, 1.82) is 0 Å². The second kappa shape index (κ2) is 7.77. The summed E-state index contributed by atoms with van der Waals surface area (Å²) in [6.07, 6.45) is 0.632. The Bertz CT molecular complexity index is 1050. The topological polar surface area (TPSA) is 49.8 Å². The Morgan fingerprint density at radius 1 is 0.741 bits per heavy atom. The highest BCUT2D eigenvalue weighted by atomic mass is 32.1. The van der Waals surface area contributed by atoms with Crippen LogP contribution in [0.4, 0.5) is 14.6 Å². The second-order valence-electron chi connectivity index (χ2n) is 6.12. The van der Waals surface area contributed by atoms with E-state index < -0.39 is 0 Å². The van der Waals surface area contributed by atoms with Crippen LogP contribution in [-0.4, -0.2) is 15.3 Å². The molecule has 1 heterocycles. The molecule has 0 aliphatic heterocycles. The van der Waals surface area contributed by atoms with Gasteiger partial charge in [-0.05, 0) is 35.2 Å². The number of hydrogen-bond donors (Lipinski definition) is 2. The predicted molar refractivity (Wildman–Crippen MR) is 106 cm³/mol. The van der Waals surface area contributed by atoms with Crippen LogP contribution in [0.2, 0.25) is 0 Å². The molecule has 0 aliphatic carbocycles. The van der Waals surface area contributed by atoms with Crippen molar-refractivity contribution < 1.29 is 8.96 Å². The molecule has 0 amide bonds. The number of anilines is 1. The molecular weight excluding hydrogens is 366 g/mol. The van der Waals surface area contributed by atoms with Crippen LogP contribution in [0.5, 0.6) is 0 Å². The Morgan fingerprint density at radius 3 is 1.81 bits per heavy atom. The fourth-order valence-electron chi connectivity index (χ4n) is 3.09. The van der Waals surface area contributed by atoms with Crippen molar-refractivity contribution in [1.82, 2.24) is 14.3 Å². The average Bonchev–Trinajstić information content (AvgIpc) is 3.22. The fourth-order valence-corrected chi connectivity index (χ4v) is 3.66. The molecule has 0 fully saturated rings. The maximum atomic E-state index is 12.5.